The quantitative estimate of drug-likeness (QED) is 0.666. The summed E-state index contributed by atoms with van der Waals surface area (Å²) in [5.74, 6) is -1.04. The van der Waals surface area contributed by atoms with Crippen LogP contribution in [0.3, 0.4) is 0 Å². The maximum absolute atomic E-state index is 13.0. The predicted molar refractivity (Wildman–Crippen MR) is 114 cm³/mol. The van der Waals surface area contributed by atoms with Gasteiger partial charge in [0.25, 0.3) is 0 Å². The van der Waals surface area contributed by atoms with Gasteiger partial charge in [-0.2, -0.15) is 0 Å². The first kappa shape index (κ1) is 22.7. The lowest BCUT2D eigenvalue weighted by Gasteiger charge is -2.30. The largest absolute Gasteiger partial charge is 0.465 e. The van der Waals surface area contributed by atoms with Crippen molar-refractivity contribution in [2.24, 2.45) is 0 Å². The van der Waals surface area contributed by atoms with E-state index in [2.05, 4.69) is 5.32 Å². The molecule has 1 N–H and O–H groups in total. The van der Waals surface area contributed by atoms with Gasteiger partial charge in [-0.25, -0.2) is 13.2 Å². The molecular formula is C20H23ClN2O5S. The van der Waals surface area contributed by atoms with E-state index in [1.807, 2.05) is 0 Å². The summed E-state index contributed by atoms with van der Waals surface area (Å²) in [6, 6.07) is 10.1. The number of methoxy groups -OCH3 is 1. The zero-order valence-corrected chi connectivity index (χ0v) is 18.2. The molecule has 2 rings (SSSR count). The van der Waals surface area contributed by atoms with Crippen molar-refractivity contribution in [1.82, 2.24) is 0 Å². The summed E-state index contributed by atoms with van der Waals surface area (Å²) in [6.07, 6.45) is 1.28. The van der Waals surface area contributed by atoms with Crippen molar-refractivity contribution in [3.05, 3.63) is 58.6 Å². The van der Waals surface area contributed by atoms with Gasteiger partial charge >= 0.3 is 5.97 Å². The highest BCUT2D eigenvalue weighted by Crippen LogP contribution is 2.26. The summed E-state index contributed by atoms with van der Waals surface area (Å²) < 4.78 is 30.8. The summed E-state index contributed by atoms with van der Waals surface area (Å²) in [5, 5.41) is 3.19. The summed E-state index contributed by atoms with van der Waals surface area (Å²) in [5.41, 5.74) is 1.58. The average Bonchev–Trinajstić information content (AvgIpc) is 2.67. The number of sulfonamides is 1. The molecular weight excluding hydrogens is 416 g/mol. The molecule has 0 aliphatic heterocycles. The first-order chi connectivity index (χ1) is 13.6. The number of halogens is 1. The van der Waals surface area contributed by atoms with Gasteiger partial charge in [-0.15, -0.1) is 0 Å². The van der Waals surface area contributed by atoms with Crippen LogP contribution in [0.25, 0.3) is 0 Å². The number of hydrogen-bond donors (Lipinski definition) is 1. The van der Waals surface area contributed by atoms with E-state index in [0.717, 1.165) is 10.6 Å². The van der Waals surface area contributed by atoms with Gasteiger partial charge in [-0.1, -0.05) is 24.6 Å². The zero-order valence-electron chi connectivity index (χ0n) is 16.6. The van der Waals surface area contributed by atoms with Gasteiger partial charge in [-0.3, -0.25) is 9.10 Å². The molecule has 0 bridgehead atoms. The summed E-state index contributed by atoms with van der Waals surface area (Å²) in [4.78, 5) is 24.9. The van der Waals surface area contributed by atoms with E-state index in [-0.39, 0.29) is 6.42 Å². The first-order valence-electron chi connectivity index (χ1n) is 8.83. The lowest BCUT2D eigenvalue weighted by Crippen LogP contribution is -2.47. The van der Waals surface area contributed by atoms with Gasteiger partial charge in [-0.05, 0) is 55.3 Å². The van der Waals surface area contributed by atoms with Gasteiger partial charge < -0.3 is 10.1 Å². The molecule has 0 heterocycles. The molecule has 1 amide bonds. The normalized spacial score (nSPS) is 12.2. The van der Waals surface area contributed by atoms with Crippen molar-refractivity contribution in [2.45, 2.75) is 26.3 Å². The Morgan fingerprint density at radius 2 is 1.79 bits per heavy atom. The number of nitrogens with one attached hydrogen (secondary N) is 1. The fourth-order valence-corrected chi connectivity index (χ4v) is 4.30. The second kappa shape index (κ2) is 9.28. The molecule has 0 radical (unpaired) electrons. The van der Waals surface area contributed by atoms with Gasteiger partial charge in [0.15, 0.2) is 0 Å². The van der Waals surface area contributed by atoms with E-state index in [9.17, 15) is 18.0 Å². The smallest absolute Gasteiger partial charge is 0.338 e. The van der Waals surface area contributed by atoms with Gasteiger partial charge in [0, 0.05) is 10.7 Å². The number of hydrogen-bond acceptors (Lipinski definition) is 5. The van der Waals surface area contributed by atoms with Crippen molar-refractivity contribution >= 4 is 44.9 Å². The van der Waals surface area contributed by atoms with Crippen LogP contribution < -0.4 is 9.62 Å². The molecule has 1 atom stereocenters. The Kier molecular flexibility index (Phi) is 7.26. The summed E-state index contributed by atoms with van der Waals surface area (Å²) in [6.45, 7) is 3.40. The molecule has 2 aromatic carbocycles. The number of carbonyl (C=O) groups excluding carboxylic acids is 2. The molecule has 0 aliphatic carbocycles. The molecule has 0 spiro atoms. The Bertz CT molecular complexity index is 1010. The van der Waals surface area contributed by atoms with E-state index in [4.69, 9.17) is 16.3 Å². The Morgan fingerprint density at radius 3 is 2.31 bits per heavy atom. The number of carbonyl (C=O) groups is 2. The number of rotatable bonds is 7. The fraction of sp³-hybridized carbons (Fsp3) is 0.300. The van der Waals surface area contributed by atoms with E-state index in [1.165, 1.54) is 7.11 Å². The molecule has 0 fully saturated rings. The van der Waals surface area contributed by atoms with Crippen LogP contribution in [0.2, 0.25) is 5.02 Å². The van der Waals surface area contributed by atoms with Crippen LogP contribution >= 0.6 is 11.6 Å². The molecule has 0 saturated heterocycles. The minimum absolute atomic E-state index is 0.233. The van der Waals surface area contributed by atoms with Gasteiger partial charge in [0.2, 0.25) is 15.9 Å². The average molecular weight is 439 g/mol. The van der Waals surface area contributed by atoms with Crippen LogP contribution in [0.15, 0.2) is 42.5 Å². The highest BCUT2D eigenvalue weighted by molar-refractivity contribution is 7.92. The van der Waals surface area contributed by atoms with E-state index >= 15 is 0 Å². The second-order valence-electron chi connectivity index (χ2n) is 6.42. The molecule has 156 valence electrons. The minimum Gasteiger partial charge on any atom is -0.465 e. The van der Waals surface area contributed by atoms with Crippen LogP contribution in [0, 0.1) is 6.92 Å². The maximum atomic E-state index is 13.0. The highest BCUT2D eigenvalue weighted by Gasteiger charge is 2.32. The highest BCUT2D eigenvalue weighted by atomic mass is 35.5. The molecule has 2 aromatic rings. The minimum atomic E-state index is -3.76. The number of benzene rings is 2. The van der Waals surface area contributed by atoms with Crippen molar-refractivity contribution < 1.29 is 22.7 Å². The molecule has 9 heteroatoms. The van der Waals surface area contributed by atoms with Crippen LogP contribution in [-0.4, -0.2) is 39.7 Å². The lowest BCUT2D eigenvalue weighted by atomic mass is 10.1. The van der Waals surface area contributed by atoms with Crippen molar-refractivity contribution in [3.8, 4) is 0 Å². The second-order valence-corrected chi connectivity index (χ2v) is 8.71. The molecule has 7 nitrogen and oxygen atoms in total. The molecule has 0 saturated carbocycles. The Morgan fingerprint density at radius 1 is 1.17 bits per heavy atom. The van der Waals surface area contributed by atoms with E-state index < -0.39 is 27.9 Å². The number of esters is 1. The fourth-order valence-electron chi connectivity index (χ4n) is 2.97. The monoisotopic (exact) mass is 438 g/mol. The molecule has 0 unspecified atom stereocenters. The number of ether oxygens (including phenoxy) is 1. The Balaban J connectivity index is 2.41. The standard InChI is InChI=1S/C20H23ClN2O5S/c1-5-18(23(29(4,26)27)15-11-9-14(21)10-12-15)19(24)22-17-8-6-7-16(13(17)2)20(25)28-3/h6-12,18H,5H2,1-4H3,(H,22,24)/t18-/m1/s1. The SMILES string of the molecule is CC[C@H](C(=O)Nc1cccc(C(=O)OC)c1C)N(c1ccc(Cl)cc1)S(C)(=O)=O. The van der Waals surface area contributed by atoms with Crippen LogP contribution in [-0.2, 0) is 19.6 Å². The van der Waals surface area contributed by atoms with Crippen LogP contribution in [0.5, 0.6) is 0 Å². The summed E-state index contributed by atoms with van der Waals surface area (Å²) in [7, 11) is -2.49. The number of nitrogens with zero attached hydrogens (tertiary/aromatic N) is 1. The number of amides is 1. The third kappa shape index (κ3) is 5.27. The first-order valence-corrected chi connectivity index (χ1v) is 11.1. The maximum Gasteiger partial charge on any atom is 0.338 e. The zero-order chi connectivity index (χ0) is 21.8. The Hall–Kier alpha value is -2.58. The van der Waals surface area contributed by atoms with Gasteiger partial charge in [0.1, 0.15) is 6.04 Å². The Labute approximate surface area is 175 Å². The molecule has 0 aromatic heterocycles. The lowest BCUT2D eigenvalue weighted by molar-refractivity contribution is -0.117. The third-order valence-electron chi connectivity index (χ3n) is 4.41. The number of anilines is 2. The van der Waals surface area contributed by atoms with Crippen molar-refractivity contribution in [2.75, 3.05) is 23.0 Å². The third-order valence-corrected chi connectivity index (χ3v) is 5.84. The molecule has 0 aliphatic rings. The van der Waals surface area contributed by atoms with Gasteiger partial charge in [0.05, 0.1) is 24.6 Å². The molecule has 29 heavy (non-hydrogen) atoms. The topological polar surface area (TPSA) is 92.8 Å². The summed E-state index contributed by atoms with van der Waals surface area (Å²) >= 11 is 5.90. The van der Waals surface area contributed by atoms with Crippen LogP contribution in [0.4, 0.5) is 11.4 Å². The predicted octanol–water partition coefficient (Wildman–Crippen LogP) is 3.62. The van der Waals surface area contributed by atoms with E-state index in [0.29, 0.717) is 27.5 Å². The van der Waals surface area contributed by atoms with Crippen LogP contribution in [0.1, 0.15) is 29.3 Å². The van der Waals surface area contributed by atoms with E-state index in [1.54, 1.807) is 56.3 Å². The van der Waals surface area contributed by atoms with Crippen molar-refractivity contribution in [1.29, 1.82) is 0 Å². The van der Waals surface area contributed by atoms with Crippen molar-refractivity contribution in [3.63, 3.8) is 0 Å².